The van der Waals surface area contributed by atoms with E-state index in [4.69, 9.17) is 16.2 Å². The van der Waals surface area contributed by atoms with Crippen LogP contribution < -0.4 is 16.2 Å². The van der Waals surface area contributed by atoms with Gasteiger partial charge in [-0.3, -0.25) is 4.79 Å². The van der Waals surface area contributed by atoms with Crippen LogP contribution in [0.1, 0.15) is 22.6 Å². The first kappa shape index (κ1) is 16.5. The van der Waals surface area contributed by atoms with Gasteiger partial charge in [-0.05, 0) is 36.6 Å². The van der Waals surface area contributed by atoms with Gasteiger partial charge in [0.2, 0.25) is 0 Å². The lowest BCUT2D eigenvalue weighted by Gasteiger charge is -2.15. The maximum atomic E-state index is 12.4. The summed E-state index contributed by atoms with van der Waals surface area (Å²) in [5.41, 5.74) is 13.7. The number of nitrogens with two attached hydrogens (primary N) is 2. The van der Waals surface area contributed by atoms with Gasteiger partial charge in [0.15, 0.2) is 5.96 Å². The Bertz CT molecular complexity index is 687. The number of rotatable bonds is 5. The number of aryl methyl sites for hydroxylation is 1. The van der Waals surface area contributed by atoms with Crippen molar-refractivity contribution in [3.63, 3.8) is 0 Å². The summed E-state index contributed by atoms with van der Waals surface area (Å²) in [7, 11) is 1.62. The molecular formula is C18H21N3O2. The third-order valence-electron chi connectivity index (χ3n) is 3.62. The van der Waals surface area contributed by atoms with Crippen molar-refractivity contribution in [2.75, 3.05) is 7.11 Å². The SMILES string of the molecule is COc1ccc(C[C@@H](C(=O)N=C(N)N)c2ccc(C)cc2)cc1. The maximum absolute atomic E-state index is 12.4. The molecule has 2 aromatic rings. The van der Waals surface area contributed by atoms with Crippen LogP contribution in [0, 0.1) is 6.92 Å². The lowest BCUT2D eigenvalue weighted by atomic mass is 9.91. The number of carbonyl (C=O) groups excluding carboxylic acids is 1. The molecule has 0 aliphatic carbocycles. The van der Waals surface area contributed by atoms with Gasteiger partial charge >= 0.3 is 0 Å². The van der Waals surface area contributed by atoms with Gasteiger partial charge in [0, 0.05) is 0 Å². The zero-order valence-corrected chi connectivity index (χ0v) is 13.3. The quantitative estimate of drug-likeness (QED) is 0.653. The lowest BCUT2D eigenvalue weighted by molar-refractivity contribution is -0.119. The van der Waals surface area contributed by atoms with E-state index in [1.165, 1.54) is 0 Å². The van der Waals surface area contributed by atoms with E-state index in [0.717, 1.165) is 22.4 Å². The van der Waals surface area contributed by atoms with Crippen molar-refractivity contribution < 1.29 is 9.53 Å². The zero-order chi connectivity index (χ0) is 16.8. The molecule has 5 heteroatoms. The van der Waals surface area contributed by atoms with E-state index in [1.807, 2.05) is 55.5 Å². The number of carbonyl (C=O) groups is 1. The molecule has 0 aliphatic heterocycles. The van der Waals surface area contributed by atoms with Crippen LogP contribution in [-0.4, -0.2) is 19.0 Å². The molecule has 0 heterocycles. The Morgan fingerprint density at radius 3 is 2.22 bits per heavy atom. The molecule has 0 aliphatic rings. The highest BCUT2D eigenvalue weighted by molar-refractivity contribution is 5.95. The predicted molar refractivity (Wildman–Crippen MR) is 91.4 cm³/mol. The van der Waals surface area contributed by atoms with E-state index < -0.39 is 5.92 Å². The summed E-state index contributed by atoms with van der Waals surface area (Å²) in [5.74, 6) is -0.214. The molecule has 0 aromatic heterocycles. The van der Waals surface area contributed by atoms with Crippen molar-refractivity contribution >= 4 is 11.9 Å². The molecule has 23 heavy (non-hydrogen) atoms. The lowest BCUT2D eigenvalue weighted by Crippen LogP contribution is -2.26. The number of amides is 1. The second-order valence-corrected chi connectivity index (χ2v) is 5.39. The monoisotopic (exact) mass is 311 g/mol. The van der Waals surface area contributed by atoms with Crippen molar-refractivity contribution in [1.29, 1.82) is 0 Å². The molecule has 2 aromatic carbocycles. The summed E-state index contributed by atoms with van der Waals surface area (Å²) in [5, 5.41) is 0. The number of aliphatic imine (C=N–C) groups is 1. The molecule has 1 atom stereocenters. The summed E-state index contributed by atoms with van der Waals surface area (Å²) in [4.78, 5) is 16.1. The summed E-state index contributed by atoms with van der Waals surface area (Å²) < 4.78 is 5.15. The number of benzene rings is 2. The molecular weight excluding hydrogens is 290 g/mol. The normalized spacial score (nSPS) is 11.6. The number of nitrogens with zero attached hydrogens (tertiary/aromatic N) is 1. The molecule has 2 rings (SSSR count). The Hall–Kier alpha value is -2.82. The fourth-order valence-electron chi connectivity index (χ4n) is 2.35. The first-order chi connectivity index (χ1) is 11.0. The van der Waals surface area contributed by atoms with E-state index >= 15 is 0 Å². The molecule has 0 radical (unpaired) electrons. The number of ether oxygens (including phenoxy) is 1. The molecule has 0 saturated carbocycles. The first-order valence-electron chi connectivity index (χ1n) is 7.32. The fourth-order valence-corrected chi connectivity index (χ4v) is 2.35. The first-order valence-corrected chi connectivity index (χ1v) is 7.32. The largest absolute Gasteiger partial charge is 0.497 e. The second kappa shape index (κ2) is 7.45. The predicted octanol–water partition coefficient (Wildman–Crippen LogP) is 2.13. The van der Waals surface area contributed by atoms with Crippen molar-refractivity contribution in [2.45, 2.75) is 19.3 Å². The van der Waals surface area contributed by atoms with E-state index in [2.05, 4.69) is 4.99 Å². The Morgan fingerprint density at radius 1 is 1.09 bits per heavy atom. The molecule has 0 fully saturated rings. The second-order valence-electron chi connectivity index (χ2n) is 5.39. The van der Waals surface area contributed by atoms with Crippen molar-refractivity contribution in [3.8, 4) is 5.75 Å². The van der Waals surface area contributed by atoms with Crippen LogP contribution in [0.4, 0.5) is 0 Å². The van der Waals surface area contributed by atoms with Crippen LogP contribution in [-0.2, 0) is 11.2 Å². The number of hydrogen-bond acceptors (Lipinski definition) is 2. The minimum atomic E-state index is -0.425. The highest BCUT2D eigenvalue weighted by atomic mass is 16.5. The van der Waals surface area contributed by atoms with Crippen molar-refractivity contribution in [3.05, 3.63) is 65.2 Å². The highest BCUT2D eigenvalue weighted by Crippen LogP contribution is 2.24. The van der Waals surface area contributed by atoms with Gasteiger partial charge in [-0.2, -0.15) is 4.99 Å². The fraction of sp³-hybridized carbons (Fsp3) is 0.222. The third-order valence-corrected chi connectivity index (χ3v) is 3.62. The maximum Gasteiger partial charge on any atom is 0.256 e. The van der Waals surface area contributed by atoms with Crippen LogP contribution in [0.15, 0.2) is 53.5 Å². The Kier molecular flexibility index (Phi) is 5.36. The number of methoxy groups -OCH3 is 1. The van der Waals surface area contributed by atoms with Gasteiger partial charge in [-0.1, -0.05) is 42.0 Å². The molecule has 0 spiro atoms. The molecule has 1 amide bonds. The van der Waals surface area contributed by atoms with Crippen molar-refractivity contribution in [2.24, 2.45) is 16.5 Å². The molecule has 0 saturated heterocycles. The van der Waals surface area contributed by atoms with Crippen LogP contribution >= 0.6 is 0 Å². The van der Waals surface area contributed by atoms with Crippen LogP contribution in [0.25, 0.3) is 0 Å². The number of hydrogen-bond donors (Lipinski definition) is 2. The van der Waals surface area contributed by atoms with Crippen LogP contribution in [0.5, 0.6) is 5.75 Å². The van der Waals surface area contributed by atoms with E-state index in [0.29, 0.717) is 6.42 Å². The summed E-state index contributed by atoms with van der Waals surface area (Å²) in [6.45, 7) is 2.00. The summed E-state index contributed by atoms with van der Waals surface area (Å²) in [6, 6.07) is 15.4. The molecule has 120 valence electrons. The van der Waals surface area contributed by atoms with Crippen molar-refractivity contribution in [1.82, 2.24) is 0 Å². The topological polar surface area (TPSA) is 90.7 Å². The minimum absolute atomic E-state index is 0.221. The smallest absolute Gasteiger partial charge is 0.256 e. The Morgan fingerprint density at radius 2 is 1.70 bits per heavy atom. The third kappa shape index (κ3) is 4.57. The number of guanidine groups is 1. The molecule has 4 N–H and O–H groups in total. The molecule has 0 bridgehead atoms. The van der Waals surface area contributed by atoms with Gasteiger partial charge in [-0.15, -0.1) is 0 Å². The Balaban J connectivity index is 2.30. The molecule has 0 unspecified atom stereocenters. The van der Waals surface area contributed by atoms with E-state index in [9.17, 15) is 4.79 Å². The van der Waals surface area contributed by atoms with Gasteiger partial charge < -0.3 is 16.2 Å². The summed E-state index contributed by atoms with van der Waals surface area (Å²) in [6.07, 6.45) is 0.517. The Labute approximate surface area is 136 Å². The van der Waals surface area contributed by atoms with Gasteiger partial charge in [-0.25, -0.2) is 0 Å². The van der Waals surface area contributed by atoms with E-state index in [-0.39, 0.29) is 11.9 Å². The van der Waals surface area contributed by atoms with Crippen LogP contribution in [0.2, 0.25) is 0 Å². The molecule has 5 nitrogen and oxygen atoms in total. The average Bonchev–Trinajstić information content (AvgIpc) is 2.53. The van der Waals surface area contributed by atoms with E-state index in [1.54, 1.807) is 7.11 Å². The van der Waals surface area contributed by atoms with Gasteiger partial charge in [0.05, 0.1) is 13.0 Å². The van der Waals surface area contributed by atoms with Gasteiger partial charge in [0.1, 0.15) is 5.75 Å². The van der Waals surface area contributed by atoms with Gasteiger partial charge in [0.25, 0.3) is 5.91 Å². The van der Waals surface area contributed by atoms with Crippen LogP contribution in [0.3, 0.4) is 0 Å². The average molecular weight is 311 g/mol. The minimum Gasteiger partial charge on any atom is -0.497 e. The highest BCUT2D eigenvalue weighted by Gasteiger charge is 2.21. The standard InChI is InChI=1S/C18H21N3O2/c1-12-3-7-14(8-4-12)16(17(22)21-18(19)20)11-13-5-9-15(23-2)10-6-13/h3-10,16H,11H2,1-2H3,(H4,19,20,21,22)/t16-/m1/s1. The zero-order valence-electron chi connectivity index (χ0n) is 13.3. The summed E-state index contributed by atoms with van der Waals surface area (Å²) >= 11 is 0.